The molecule has 1 aliphatic rings. The summed E-state index contributed by atoms with van der Waals surface area (Å²) in [7, 11) is 1.78. The van der Waals surface area contributed by atoms with Crippen molar-refractivity contribution in [3.8, 4) is 11.3 Å². The number of hydrogen-bond donors (Lipinski definition) is 3. The lowest BCUT2D eigenvalue weighted by Gasteiger charge is -2.45. The molecule has 0 radical (unpaired) electrons. The monoisotopic (exact) mass is 483 g/mol. The average molecular weight is 484 g/mol. The molecule has 5 rings (SSSR count). The van der Waals surface area contributed by atoms with Gasteiger partial charge in [-0.2, -0.15) is 4.98 Å². The maximum absolute atomic E-state index is 13.1. The Labute approximate surface area is 200 Å². The van der Waals surface area contributed by atoms with Crippen molar-refractivity contribution in [3.63, 3.8) is 0 Å². The van der Waals surface area contributed by atoms with Crippen LogP contribution in [0.3, 0.4) is 0 Å². The second-order valence-electron chi connectivity index (χ2n) is 9.25. The molecule has 0 spiro atoms. The molecule has 0 bridgehead atoms. The van der Waals surface area contributed by atoms with Crippen LogP contribution in [0.1, 0.15) is 32.5 Å². The normalized spacial score (nSPS) is 19.8. The predicted molar refractivity (Wildman–Crippen MR) is 129 cm³/mol. The summed E-state index contributed by atoms with van der Waals surface area (Å²) in [6.07, 6.45) is 0.854. The molecule has 0 saturated heterocycles. The SMILES string of the molecule is CNc1nc(NC2CC(C)(NC(C)=O)C2)nn2ccc(-c3ccc4nc(C)n(CC(F)F)c4n3)c12. The van der Waals surface area contributed by atoms with Crippen molar-refractivity contribution in [2.75, 3.05) is 17.7 Å². The molecule has 10 nitrogen and oxygen atoms in total. The summed E-state index contributed by atoms with van der Waals surface area (Å²) in [4.78, 5) is 25.1. The van der Waals surface area contributed by atoms with Gasteiger partial charge >= 0.3 is 0 Å². The Kier molecular flexibility index (Phi) is 5.53. The van der Waals surface area contributed by atoms with Gasteiger partial charge in [-0.3, -0.25) is 4.79 Å². The van der Waals surface area contributed by atoms with Crippen LogP contribution in [0.4, 0.5) is 20.5 Å². The fourth-order valence-corrected chi connectivity index (χ4v) is 4.93. The van der Waals surface area contributed by atoms with E-state index >= 15 is 0 Å². The van der Waals surface area contributed by atoms with E-state index in [1.54, 1.807) is 24.6 Å². The van der Waals surface area contributed by atoms with Crippen molar-refractivity contribution in [3.05, 3.63) is 30.2 Å². The average Bonchev–Trinajstić information content (AvgIpc) is 3.32. The number of nitrogens with zero attached hydrogens (tertiary/aromatic N) is 6. The molecule has 12 heteroatoms. The van der Waals surface area contributed by atoms with Crippen molar-refractivity contribution < 1.29 is 13.6 Å². The summed E-state index contributed by atoms with van der Waals surface area (Å²) in [6.45, 7) is 4.77. The second kappa shape index (κ2) is 8.43. The van der Waals surface area contributed by atoms with E-state index in [4.69, 9.17) is 0 Å². The molecule has 0 aromatic carbocycles. The Morgan fingerprint density at radius 2 is 2.00 bits per heavy atom. The van der Waals surface area contributed by atoms with Gasteiger partial charge in [-0.15, -0.1) is 5.10 Å². The van der Waals surface area contributed by atoms with E-state index in [0.717, 1.165) is 23.9 Å². The first-order valence-corrected chi connectivity index (χ1v) is 11.4. The highest BCUT2D eigenvalue weighted by Crippen LogP contribution is 2.35. The number of aromatic nitrogens is 6. The number of rotatable bonds is 7. The van der Waals surface area contributed by atoms with Gasteiger partial charge in [0.2, 0.25) is 11.9 Å². The van der Waals surface area contributed by atoms with Crippen LogP contribution in [-0.4, -0.2) is 60.1 Å². The zero-order valence-electron chi connectivity index (χ0n) is 19.9. The van der Waals surface area contributed by atoms with E-state index in [-0.39, 0.29) is 17.5 Å². The van der Waals surface area contributed by atoms with Gasteiger partial charge in [0, 0.05) is 37.3 Å². The summed E-state index contributed by atoms with van der Waals surface area (Å²) in [5, 5.41) is 14.1. The van der Waals surface area contributed by atoms with E-state index < -0.39 is 13.0 Å². The molecule has 0 unspecified atom stereocenters. The van der Waals surface area contributed by atoms with Gasteiger partial charge in [0.25, 0.3) is 6.43 Å². The lowest BCUT2D eigenvalue weighted by atomic mass is 9.74. The second-order valence-corrected chi connectivity index (χ2v) is 9.25. The van der Waals surface area contributed by atoms with E-state index in [1.807, 2.05) is 25.3 Å². The number of fused-ring (bicyclic) bond motifs is 2. The molecule has 184 valence electrons. The number of aryl methyl sites for hydroxylation is 1. The third-order valence-corrected chi connectivity index (χ3v) is 6.33. The van der Waals surface area contributed by atoms with E-state index in [0.29, 0.717) is 34.4 Å². The first-order chi connectivity index (χ1) is 16.7. The highest BCUT2D eigenvalue weighted by atomic mass is 19.3. The van der Waals surface area contributed by atoms with Crippen molar-refractivity contribution in [2.24, 2.45) is 0 Å². The van der Waals surface area contributed by atoms with Crippen LogP contribution < -0.4 is 16.0 Å². The number of anilines is 2. The lowest BCUT2D eigenvalue weighted by molar-refractivity contribution is -0.121. The molecule has 1 fully saturated rings. The molecule has 3 N–H and O–H groups in total. The summed E-state index contributed by atoms with van der Waals surface area (Å²) in [6, 6.07) is 5.63. The van der Waals surface area contributed by atoms with Crippen LogP contribution in [0.2, 0.25) is 0 Å². The molecular formula is C23H27F2N9O. The van der Waals surface area contributed by atoms with E-state index in [9.17, 15) is 13.6 Å². The molecule has 0 aliphatic heterocycles. The van der Waals surface area contributed by atoms with Gasteiger partial charge in [0.1, 0.15) is 16.9 Å². The first-order valence-electron chi connectivity index (χ1n) is 11.4. The molecule has 4 aromatic rings. The van der Waals surface area contributed by atoms with Crippen LogP contribution in [0.15, 0.2) is 24.4 Å². The zero-order chi connectivity index (χ0) is 24.9. The van der Waals surface area contributed by atoms with Crippen LogP contribution in [-0.2, 0) is 11.3 Å². The number of nitrogens with one attached hydrogen (secondary N) is 3. The molecule has 0 atom stereocenters. The van der Waals surface area contributed by atoms with Gasteiger partial charge in [-0.25, -0.2) is 23.3 Å². The summed E-state index contributed by atoms with van der Waals surface area (Å²) in [5.74, 6) is 1.52. The molecule has 1 saturated carbocycles. The molecule has 4 heterocycles. The number of alkyl halides is 2. The minimum atomic E-state index is -2.51. The molecular weight excluding hydrogens is 456 g/mol. The molecule has 35 heavy (non-hydrogen) atoms. The fourth-order valence-electron chi connectivity index (χ4n) is 4.93. The quantitative estimate of drug-likeness (QED) is 0.370. The number of carbonyl (C=O) groups excluding carboxylic acids is 1. The summed E-state index contributed by atoms with van der Waals surface area (Å²) < 4.78 is 29.4. The minimum Gasteiger partial charge on any atom is -0.371 e. The Hall–Kier alpha value is -3.83. The van der Waals surface area contributed by atoms with Crippen LogP contribution in [0, 0.1) is 6.92 Å². The van der Waals surface area contributed by atoms with Crippen molar-refractivity contribution in [2.45, 2.75) is 58.2 Å². The highest BCUT2D eigenvalue weighted by molar-refractivity contribution is 5.89. The Morgan fingerprint density at radius 1 is 1.23 bits per heavy atom. The van der Waals surface area contributed by atoms with Crippen molar-refractivity contribution in [1.82, 2.24) is 34.4 Å². The Morgan fingerprint density at radius 3 is 2.69 bits per heavy atom. The Balaban J connectivity index is 1.47. The topological polar surface area (TPSA) is 114 Å². The van der Waals surface area contributed by atoms with Crippen molar-refractivity contribution >= 4 is 34.4 Å². The maximum atomic E-state index is 13.1. The van der Waals surface area contributed by atoms with E-state index in [2.05, 4.69) is 36.0 Å². The maximum Gasteiger partial charge on any atom is 0.256 e. The van der Waals surface area contributed by atoms with Crippen LogP contribution in [0.5, 0.6) is 0 Å². The number of amides is 1. The van der Waals surface area contributed by atoms with E-state index in [1.165, 1.54) is 11.5 Å². The molecule has 1 amide bonds. The zero-order valence-corrected chi connectivity index (χ0v) is 19.9. The minimum absolute atomic E-state index is 0.0415. The van der Waals surface area contributed by atoms with Gasteiger partial charge in [0.05, 0.1) is 12.2 Å². The number of carbonyl (C=O) groups is 1. The van der Waals surface area contributed by atoms with Crippen LogP contribution in [0.25, 0.3) is 27.9 Å². The summed E-state index contributed by atoms with van der Waals surface area (Å²) >= 11 is 0. The standard InChI is InChI=1S/C23H27F2N9O/c1-12-27-17-6-5-16(29-21(17)33(12)11-18(24)25)15-7-8-34-19(15)20(26-4)30-22(32-34)28-14-9-23(3,10-14)31-13(2)35/h5-8,14,18H,9-11H2,1-4H3,(H,31,35)(H2,26,28,30,32). The van der Waals surface area contributed by atoms with Gasteiger partial charge in [-0.05, 0) is 44.9 Å². The number of hydrogen-bond acceptors (Lipinski definition) is 7. The molecule has 4 aromatic heterocycles. The smallest absolute Gasteiger partial charge is 0.256 e. The third kappa shape index (κ3) is 4.24. The Bertz CT molecular complexity index is 1420. The number of imidazole rings is 1. The van der Waals surface area contributed by atoms with Gasteiger partial charge in [-0.1, -0.05) is 0 Å². The fraction of sp³-hybridized carbons (Fsp3) is 0.435. The number of halogens is 2. The van der Waals surface area contributed by atoms with Crippen molar-refractivity contribution in [1.29, 1.82) is 0 Å². The number of pyridine rings is 1. The largest absolute Gasteiger partial charge is 0.371 e. The first kappa shape index (κ1) is 22.9. The van der Waals surface area contributed by atoms with Gasteiger partial charge < -0.3 is 20.5 Å². The summed E-state index contributed by atoms with van der Waals surface area (Å²) in [5.41, 5.74) is 2.86. The highest BCUT2D eigenvalue weighted by Gasteiger charge is 2.41. The third-order valence-electron chi connectivity index (χ3n) is 6.33. The van der Waals surface area contributed by atoms with Gasteiger partial charge in [0.15, 0.2) is 11.5 Å². The molecule has 1 aliphatic carbocycles. The predicted octanol–water partition coefficient (Wildman–Crippen LogP) is 3.23. The van der Waals surface area contributed by atoms with Crippen LogP contribution >= 0.6 is 0 Å². The lowest BCUT2D eigenvalue weighted by Crippen LogP contribution is -2.59.